The number of carbonyl (C=O) groups is 2. The van der Waals surface area contributed by atoms with Gasteiger partial charge in [0.15, 0.2) is 0 Å². The fourth-order valence-electron chi connectivity index (χ4n) is 4.63. The van der Waals surface area contributed by atoms with E-state index in [4.69, 9.17) is 0 Å². The van der Waals surface area contributed by atoms with E-state index in [-0.39, 0.29) is 30.1 Å². The van der Waals surface area contributed by atoms with Crippen LogP contribution in [0.2, 0.25) is 0 Å². The van der Waals surface area contributed by atoms with Crippen LogP contribution in [0.1, 0.15) is 47.3 Å². The van der Waals surface area contributed by atoms with Crippen molar-refractivity contribution >= 4 is 27.7 Å². The summed E-state index contributed by atoms with van der Waals surface area (Å²) in [5, 5.41) is 16.7. The van der Waals surface area contributed by atoms with Crippen LogP contribution in [0.15, 0.2) is 47.1 Å². The van der Waals surface area contributed by atoms with Crippen molar-refractivity contribution in [2.24, 2.45) is 0 Å². The predicted octanol–water partition coefficient (Wildman–Crippen LogP) is 3.22. The van der Waals surface area contributed by atoms with Crippen molar-refractivity contribution in [1.82, 2.24) is 20.5 Å². The molecule has 2 amide bonds. The zero-order valence-corrected chi connectivity index (χ0v) is 20.4. The number of pyridine rings is 1. The number of halogens is 4. The summed E-state index contributed by atoms with van der Waals surface area (Å²) < 4.78 is 39.7. The molecule has 188 valence electrons. The molecular weight excluding hydrogens is 529 g/mol. The minimum absolute atomic E-state index is 0.0324. The lowest BCUT2D eigenvalue weighted by atomic mass is 9.79. The Balaban J connectivity index is 1.39. The fraction of sp³-hybridized carbons (Fsp3) is 0.458. The van der Waals surface area contributed by atoms with Crippen molar-refractivity contribution in [2.45, 2.75) is 49.5 Å². The molecule has 1 aliphatic carbocycles. The summed E-state index contributed by atoms with van der Waals surface area (Å²) in [5.74, 6) is -1.04. The molecule has 2 aromatic rings. The Morgan fingerprint density at radius 3 is 2.46 bits per heavy atom. The highest BCUT2D eigenvalue weighted by atomic mass is 79.9. The first-order valence-electron chi connectivity index (χ1n) is 11.4. The number of nitrogens with one attached hydrogen (secondary N) is 2. The quantitative estimate of drug-likeness (QED) is 0.509. The second-order valence-corrected chi connectivity index (χ2v) is 9.91. The summed E-state index contributed by atoms with van der Waals surface area (Å²) in [4.78, 5) is 31.7. The summed E-state index contributed by atoms with van der Waals surface area (Å²) in [6.45, 7) is 0.936. The third-order valence-electron chi connectivity index (χ3n) is 6.67. The Hall–Kier alpha value is -2.50. The first-order chi connectivity index (χ1) is 16.6. The molecule has 3 N–H and O–H groups in total. The molecule has 1 saturated heterocycles. The lowest BCUT2D eigenvalue weighted by molar-refractivity contribution is -0.139. The zero-order valence-electron chi connectivity index (χ0n) is 18.8. The molecule has 1 aromatic heterocycles. The van der Waals surface area contributed by atoms with Gasteiger partial charge in [-0.25, -0.2) is 0 Å². The van der Waals surface area contributed by atoms with Gasteiger partial charge in [-0.3, -0.25) is 14.6 Å². The molecule has 4 rings (SSSR count). The van der Waals surface area contributed by atoms with E-state index in [1.54, 1.807) is 17.2 Å². The van der Waals surface area contributed by atoms with Gasteiger partial charge in [0, 0.05) is 35.4 Å². The molecule has 1 aliphatic heterocycles. The molecule has 2 fully saturated rings. The fourth-order valence-corrected chi connectivity index (χ4v) is 4.86. The van der Waals surface area contributed by atoms with Crippen molar-refractivity contribution in [2.75, 3.05) is 19.6 Å². The smallest absolute Gasteiger partial charge is 0.384 e. The number of amides is 2. The van der Waals surface area contributed by atoms with Crippen LogP contribution in [0.25, 0.3) is 0 Å². The Labute approximate surface area is 209 Å². The number of nitrogens with zero attached hydrogens (tertiary/aromatic N) is 2. The van der Waals surface area contributed by atoms with E-state index in [9.17, 15) is 27.9 Å². The first-order valence-corrected chi connectivity index (χ1v) is 12.2. The van der Waals surface area contributed by atoms with Gasteiger partial charge in [0.2, 0.25) is 5.91 Å². The average molecular weight is 555 g/mol. The van der Waals surface area contributed by atoms with Crippen molar-refractivity contribution in [3.63, 3.8) is 0 Å². The van der Waals surface area contributed by atoms with Gasteiger partial charge in [-0.05, 0) is 71.9 Å². The largest absolute Gasteiger partial charge is 0.416 e. The minimum Gasteiger partial charge on any atom is -0.384 e. The summed E-state index contributed by atoms with van der Waals surface area (Å²) >= 11 is 3.34. The number of alkyl halides is 3. The molecule has 1 saturated carbocycles. The molecule has 7 nitrogen and oxygen atoms in total. The van der Waals surface area contributed by atoms with E-state index in [2.05, 4.69) is 31.5 Å². The maximum Gasteiger partial charge on any atom is 0.416 e. The number of aromatic nitrogens is 1. The van der Waals surface area contributed by atoms with Crippen molar-refractivity contribution < 1.29 is 27.9 Å². The molecule has 11 heteroatoms. The number of hydrogen-bond acceptors (Lipinski definition) is 5. The van der Waals surface area contributed by atoms with Crippen LogP contribution in [0.4, 0.5) is 13.2 Å². The van der Waals surface area contributed by atoms with Gasteiger partial charge in [0.25, 0.3) is 5.91 Å². The second kappa shape index (κ2) is 10.2. The van der Waals surface area contributed by atoms with E-state index < -0.39 is 23.2 Å². The SMILES string of the molecule is O=C(NCC(=O)N(C1CCC(O)(c2ccc(Br)cn2)CC1)C1CNC1)c1cccc(C(F)(F)F)c1. The van der Waals surface area contributed by atoms with Gasteiger partial charge < -0.3 is 20.6 Å². The molecular formula is C24H26BrF3N4O3. The van der Waals surface area contributed by atoms with Crippen molar-refractivity contribution in [1.29, 1.82) is 0 Å². The minimum atomic E-state index is -4.56. The summed E-state index contributed by atoms with van der Waals surface area (Å²) in [6, 6.07) is 7.57. The van der Waals surface area contributed by atoms with Crippen LogP contribution in [0, 0.1) is 0 Å². The highest BCUT2D eigenvalue weighted by Gasteiger charge is 2.41. The molecule has 0 atom stereocenters. The van der Waals surface area contributed by atoms with E-state index in [0.717, 1.165) is 22.7 Å². The van der Waals surface area contributed by atoms with E-state index in [1.807, 2.05) is 6.07 Å². The van der Waals surface area contributed by atoms with Crippen LogP contribution in [-0.2, 0) is 16.6 Å². The maximum absolute atomic E-state index is 13.1. The second-order valence-electron chi connectivity index (χ2n) is 9.00. The monoisotopic (exact) mass is 554 g/mol. The van der Waals surface area contributed by atoms with Crippen LogP contribution >= 0.6 is 15.9 Å². The standard InChI is InChI=1S/C24H26BrF3N4O3/c25-17-4-5-20(30-11-17)23(35)8-6-18(7-9-23)32(19-12-29-13-19)21(33)14-31-22(34)15-2-1-3-16(10-15)24(26,27)28/h1-5,10-11,18-19,29,35H,6-9,12-14H2,(H,31,34). The van der Waals surface area contributed by atoms with E-state index in [1.165, 1.54) is 6.07 Å². The number of hydrogen-bond donors (Lipinski definition) is 3. The summed E-state index contributed by atoms with van der Waals surface area (Å²) in [6.07, 6.45) is -0.910. The van der Waals surface area contributed by atoms with Crippen LogP contribution in [0.3, 0.4) is 0 Å². The molecule has 1 aromatic carbocycles. The van der Waals surface area contributed by atoms with Gasteiger partial charge in [0.1, 0.15) is 5.60 Å². The van der Waals surface area contributed by atoms with Gasteiger partial charge in [0.05, 0.1) is 23.8 Å². The topological polar surface area (TPSA) is 94.6 Å². The van der Waals surface area contributed by atoms with Gasteiger partial charge >= 0.3 is 6.18 Å². The van der Waals surface area contributed by atoms with Crippen molar-refractivity contribution in [3.05, 3.63) is 63.9 Å². The van der Waals surface area contributed by atoms with Gasteiger partial charge in [-0.2, -0.15) is 13.2 Å². The molecule has 2 aliphatic rings. The highest BCUT2D eigenvalue weighted by molar-refractivity contribution is 9.10. The Kier molecular flexibility index (Phi) is 7.48. The molecule has 0 unspecified atom stereocenters. The lowest BCUT2D eigenvalue weighted by Crippen LogP contribution is -2.63. The molecule has 2 heterocycles. The third-order valence-corrected chi connectivity index (χ3v) is 7.14. The lowest BCUT2D eigenvalue weighted by Gasteiger charge is -2.46. The molecule has 0 spiro atoms. The van der Waals surface area contributed by atoms with Crippen LogP contribution in [-0.4, -0.2) is 58.5 Å². The van der Waals surface area contributed by atoms with E-state index in [0.29, 0.717) is 44.5 Å². The van der Waals surface area contributed by atoms with E-state index >= 15 is 0 Å². The third kappa shape index (κ3) is 5.84. The van der Waals surface area contributed by atoms with Crippen LogP contribution < -0.4 is 10.6 Å². The normalized spacial score (nSPS) is 22.8. The highest BCUT2D eigenvalue weighted by Crippen LogP contribution is 2.38. The number of benzene rings is 1. The molecule has 0 bridgehead atoms. The predicted molar refractivity (Wildman–Crippen MR) is 125 cm³/mol. The summed E-state index contributed by atoms with van der Waals surface area (Å²) in [5.41, 5.74) is -1.56. The van der Waals surface area contributed by atoms with Gasteiger partial charge in [-0.15, -0.1) is 0 Å². The molecule has 35 heavy (non-hydrogen) atoms. The van der Waals surface area contributed by atoms with Gasteiger partial charge in [-0.1, -0.05) is 6.07 Å². The molecule has 0 radical (unpaired) electrons. The maximum atomic E-state index is 13.1. The summed E-state index contributed by atoms with van der Waals surface area (Å²) in [7, 11) is 0. The Morgan fingerprint density at radius 1 is 1.17 bits per heavy atom. The Morgan fingerprint density at radius 2 is 1.89 bits per heavy atom. The average Bonchev–Trinajstić information content (AvgIpc) is 2.80. The van der Waals surface area contributed by atoms with Crippen molar-refractivity contribution in [3.8, 4) is 0 Å². The number of rotatable bonds is 6. The number of carbonyl (C=O) groups excluding carboxylic acids is 2. The first kappa shape index (κ1) is 25.6. The number of aliphatic hydroxyl groups is 1. The van der Waals surface area contributed by atoms with Crippen LogP contribution in [0.5, 0.6) is 0 Å². The Bertz CT molecular complexity index is 1070. The zero-order chi connectivity index (χ0) is 25.2.